The maximum Gasteiger partial charge on any atom is 0.184 e. The van der Waals surface area contributed by atoms with Gasteiger partial charge in [0.2, 0.25) is 0 Å². The lowest BCUT2D eigenvalue weighted by atomic mass is 9.93. The zero-order chi connectivity index (χ0) is 35.3. The fraction of sp³-hybridized carbons (Fsp3) is 0. The van der Waals surface area contributed by atoms with Crippen LogP contribution in [0.3, 0.4) is 0 Å². The van der Waals surface area contributed by atoms with Crippen molar-refractivity contribution in [3.8, 4) is 45.8 Å². The smallest absolute Gasteiger partial charge is 0.184 e. The zero-order valence-corrected chi connectivity index (χ0v) is 27.5. The number of fused-ring (bicyclic) bond motifs is 6. The highest BCUT2D eigenvalue weighted by molar-refractivity contribution is 6.15. The molecule has 52 heavy (non-hydrogen) atoms. The van der Waals surface area contributed by atoms with E-state index in [1.807, 2.05) is 36.4 Å². The normalized spacial score (nSPS) is 11.0. The maximum atomic E-state index is 10.3. The summed E-state index contributed by atoms with van der Waals surface area (Å²) < 4.78 is 4.47. The molecule has 2 aromatic heterocycles. The summed E-state index contributed by atoms with van der Waals surface area (Å²) >= 11 is 0. The Morgan fingerprint density at radius 2 is 1.00 bits per heavy atom. The van der Waals surface area contributed by atoms with E-state index >= 15 is 0 Å². The van der Waals surface area contributed by atoms with Crippen molar-refractivity contribution in [3.05, 3.63) is 180 Å². The fourth-order valence-electron chi connectivity index (χ4n) is 7.70. The second kappa shape index (κ2) is 11.9. The fourth-order valence-corrected chi connectivity index (χ4v) is 7.70. The molecule has 0 spiro atoms. The molecule has 0 saturated carbocycles. The van der Waals surface area contributed by atoms with Gasteiger partial charge in [0.15, 0.2) is 11.4 Å². The molecular formula is C46H24N6. The van der Waals surface area contributed by atoms with Crippen LogP contribution in [0.25, 0.3) is 86.9 Å². The van der Waals surface area contributed by atoms with Crippen molar-refractivity contribution in [1.29, 1.82) is 10.5 Å². The number of para-hydroxylation sites is 3. The van der Waals surface area contributed by atoms with Gasteiger partial charge in [-0.15, -0.1) is 0 Å². The summed E-state index contributed by atoms with van der Waals surface area (Å²) in [5.41, 5.74) is 10.1. The minimum atomic E-state index is 0.408. The van der Waals surface area contributed by atoms with Crippen LogP contribution in [0.2, 0.25) is 0 Å². The predicted octanol–water partition coefficient (Wildman–Crippen LogP) is 12.1. The summed E-state index contributed by atoms with van der Waals surface area (Å²) in [6.07, 6.45) is 0. The summed E-state index contributed by atoms with van der Waals surface area (Å²) in [5, 5.41) is 24.7. The molecule has 0 aliphatic rings. The molecule has 0 amide bonds. The van der Waals surface area contributed by atoms with Crippen molar-refractivity contribution >= 4 is 55.0 Å². The van der Waals surface area contributed by atoms with Crippen LogP contribution >= 0.6 is 0 Å². The first-order valence-corrected chi connectivity index (χ1v) is 16.6. The highest BCUT2D eigenvalue weighted by atomic mass is 15.0. The maximum absolute atomic E-state index is 10.3. The number of hydrogen-bond donors (Lipinski definition) is 0. The van der Waals surface area contributed by atoms with Gasteiger partial charge in [0.1, 0.15) is 0 Å². The summed E-state index contributed by atoms with van der Waals surface area (Å²) in [4.78, 5) is 7.55. The molecular weight excluding hydrogens is 637 g/mol. The van der Waals surface area contributed by atoms with Crippen molar-refractivity contribution in [2.24, 2.45) is 0 Å². The van der Waals surface area contributed by atoms with Gasteiger partial charge in [-0.05, 0) is 59.7 Å². The second-order valence-corrected chi connectivity index (χ2v) is 12.5. The number of nitriles is 2. The first-order valence-electron chi connectivity index (χ1n) is 16.6. The van der Waals surface area contributed by atoms with Crippen LogP contribution in [0.5, 0.6) is 0 Å². The van der Waals surface area contributed by atoms with Gasteiger partial charge in [0.05, 0.1) is 58.5 Å². The van der Waals surface area contributed by atoms with E-state index in [2.05, 4.69) is 104 Å². The van der Waals surface area contributed by atoms with Crippen molar-refractivity contribution in [2.75, 3.05) is 0 Å². The first kappa shape index (κ1) is 30.2. The largest absolute Gasteiger partial charge is 0.309 e. The van der Waals surface area contributed by atoms with E-state index in [0.717, 1.165) is 55.3 Å². The summed E-state index contributed by atoms with van der Waals surface area (Å²) in [6.45, 7) is 15.8. The lowest BCUT2D eigenvalue weighted by molar-refractivity contribution is 1.13. The molecule has 0 saturated heterocycles. The zero-order valence-electron chi connectivity index (χ0n) is 27.5. The van der Waals surface area contributed by atoms with Crippen molar-refractivity contribution in [1.82, 2.24) is 9.13 Å². The third kappa shape index (κ3) is 4.40. The van der Waals surface area contributed by atoms with E-state index in [1.54, 1.807) is 36.4 Å². The van der Waals surface area contributed by atoms with Crippen LogP contribution in [-0.4, -0.2) is 9.13 Å². The van der Waals surface area contributed by atoms with E-state index in [-0.39, 0.29) is 0 Å². The van der Waals surface area contributed by atoms with Crippen LogP contribution in [0.15, 0.2) is 146 Å². The Hall–Kier alpha value is -7.90. The third-order valence-corrected chi connectivity index (χ3v) is 9.84. The Bertz CT molecular complexity index is 3010. The quantitative estimate of drug-likeness (QED) is 0.176. The average molecular weight is 661 g/mol. The minimum Gasteiger partial charge on any atom is -0.309 e. The van der Waals surface area contributed by atoms with Crippen molar-refractivity contribution < 1.29 is 0 Å². The molecule has 0 N–H and O–H groups in total. The SMILES string of the molecule is [C-]#[N+]c1cccc([N+]#[C-])c1-c1ccc2c3cccc(-c4c(C#N)cccc4C#N)c3n(-c3cccc(-n4c5ccccc5c5ccccc54)c3)c2c1. The number of hydrogen-bond acceptors (Lipinski definition) is 2. The Kier molecular flexibility index (Phi) is 6.91. The molecule has 6 heteroatoms. The molecule has 9 aromatic rings. The molecule has 0 radical (unpaired) electrons. The molecule has 7 aromatic carbocycles. The highest BCUT2D eigenvalue weighted by Gasteiger charge is 2.22. The number of nitrogens with zero attached hydrogens (tertiary/aromatic N) is 6. The predicted molar refractivity (Wildman–Crippen MR) is 208 cm³/mol. The van der Waals surface area contributed by atoms with E-state index in [0.29, 0.717) is 33.6 Å². The van der Waals surface area contributed by atoms with Gasteiger partial charge in [-0.25, -0.2) is 9.69 Å². The van der Waals surface area contributed by atoms with Crippen LogP contribution in [0.1, 0.15) is 11.1 Å². The van der Waals surface area contributed by atoms with Gasteiger partial charge in [0, 0.05) is 44.0 Å². The Morgan fingerprint density at radius 1 is 0.462 bits per heavy atom. The van der Waals surface area contributed by atoms with Crippen LogP contribution in [0, 0.1) is 35.8 Å². The monoisotopic (exact) mass is 660 g/mol. The van der Waals surface area contributed by atoms with Crippen molar-refractivity contribution in [2.45, 2.75) is 0 Å². The molecule has 2 heterocycles. The standard InChI is InChI=1S/C46H24N6/c1-49-39-19-10-20-40(50-2)45(39)29-23-24-36-37-17-9-18-38(44-30(27-47)11-7-12-31(44)28-48)46(37)52(43(36)25-29)33-14-8-13-32(26-33)51-41-21-5-3-15-34(41)35-16-4-6-22-42(35)51/h3-26H. The van der Waals surface area contributed by atoms with Crippen LogP contribution in [0.4, 0.5) is 11.4 Å². The van der Waals surface area contributed by atoms with Crippen LogP contribution in [-0.2, 0) is 0 Å². The van der Waals surface area contributed by atoms with E-state index in [4.69, 9.17) is 13.1 Å². The van der Waals surface area contributed by atoms with Crippen LogP contribution < -0.4 is 0 Å². The summed E-state index contributed by atoms with van der Waals surface area (Å²) in [5.74, 6) is 0. The van der Waals surface area contributed by atoms with E-state index < -0.39 is 0 Å². The molecule has 0 fully saturated rings. The molecule has 6 nitrogen and oxygen atoms in total. The van der Waals surface area contributed by atoms with Crippen molar-refractivity contribution in [3.63, 3.8) is 0 Å². The summed E-state index contributed by atoms with van der Waals surface area (Å²) in [6, 6.07) is 52.4. The molecule has 238 valence electrons. The summed E-state index contributed by atoms with van der Waals surface area (Å²) in [7, 11) is 0. The Labute approximate surface area is 299 Å². The number of rotatable bonds is 4. The van der Waals surface area contributed by atoms with Gasteiger partial charge in [-0.3, -0.25) is 0 Å². The molecule has 0 aliphatic heterocycles. The Morgan fingerprint density at radius 3 is 1.63 bits per heavy atom. The van der Waals surface area contributed by atoms with Gasteiger partial charge in [-0.2, -0.15) is 10.5 Å². The molecule has 0 unspecified atom stereocenters. The first-order chi connectivity index (χ1) is 25.6. The topological polar surface area (TPSA) is 66.2 Å². The lowest BCUT2D eigenvalue weighted by Gasteiger charge is -2.16. The molecule has 0 bridgehead atoms. The minimum absolute atomic E-state index is 0.408. The number of benzene rings is 7. The van der Waals surface area contributed by atoms with E-state index in [9.17, 15) is 10.5 Å². The Balaban J connectivity index is 1.42. The lowest BCUT2D eigenvalue weighted by Crippen LogP contribution is -2.00. The van der Waals surface area contributed by atoms with E-state index in [1.165, 1.54) is 10.8 Å². The molecule has 0 aliphatic carbocycles. The third-order valence-electron chi connectivity index (χ3n) is 9.84. The average Bonchev–Trinajstić information content (AvgIpc) is 3.73. The second-order valence-electron chi connectivity index (χ2n) is 12.5. The van der Waals surface area contributed by atoms with Gasteiger partial charge >= 0.3 is 0 Å². The molecule has 0 atom stereocenters. The molecule has 9 rings (SSSR count). The highest BCUT2D eigenvalue weighted by Crippen LogP contribution is 2.44. The van der Waals surface area contributed by atoms with Gasteiger partial charge in [-0.1, -0.05) is 97.1 Å². The van der Waals surface area contributed by atoms with Gasteiger partial charge in [0.25, 0.3) is 0 Å². The van der Waals surface area contributed by atoms with Gasteiger partial charge < -0.3 is 9.13 Å². The number of aromatic nitrogens is 2.